The summed E-state index contributed by atoms with van der Waals surface area (Å²) in [5.74, 6) is -0.674. The van der Waals surface area contributed by atoms with Gasteiger partial charge in [0.15, 0.2) is 12.1 Å². The van der Waals surface area contributed by atoms with E-state index >= 15 is 0 Å². The van der Waals surface area contributed by atoms with E-state index in [4.69, 9.17) is 18.9 Å². The van der Waals surface area contributed by atoms with Crippen LogP contribution < -0.4 is 0 Å². The summed E-state index contributed by atoms with van der Waals surface area (Å²) in [6.07, 6.45) is -2.17. The van der Waals surface area contributed by atoms with Crippen LogP contribution in [0.5, 0.6) is 0 Å². The molecule has 0 saturated carbocycles. The van der Waals surface area contributed by atoms with E-state index in [0.717, 1.165) is 4.43 Å². The molecular formula is C10H17IO5. The van der Waals surface area contributed by atoms with Gasteiger partial charge >= 0.3 is 0 Å². The summed E-state index contributed by atoms with van der Waals surface area (Å²) >= 11 is 2.23. The molecule has 0 unspecified atom stereocenters. The molecule has 2 fully saturated rings. The number of ether oxygens (including phenoxy) is 4. The Hall–Kier alpha value is 0.530. The SMILES string of the molecule is CO[C@@H]1O[C@H](CI)[C@@H]2OC(C)(C)O[C@@H]2[C@H]1O. The number of aliphatic hydroxyl groups is 1. The zero-order valence-corrected chi connectivity index (χ0v) is 11.7. The second-order valence-corrected chi connectivity index (χ2v) is 5.37. The molecule has 0 amide bonds. The highest BCUT2D eigenvalue weighted by molar-refractivity contribution is 14.1. The van der Waals surface area contributed by atoms with Gasteiger partial charge in [0, 0.05) is 11.5 Å². The molecule has 0 bridgehead atoms. The monoisotopic (exact) mass is 344 g/mol. The molecule has 2 heterocycles. The van der Waals surface area contributed by atoms with Crippen molar-refractivity contribution >= 4 is 22.6 Å². The third-order valence-corrected chi connectivity index (χ3v) is 3.71. The first-order valence-electron chi connectivity index (χ1n) is 5.26. The molecule has 16 heavy (non-hydrogen) atoms. The zero-order valence-electron chi connectivity index (χ0n) is 9.55. The van der Waals surface area contributed by atoms with Gasteiger partial charge < -0.3 is 24.1 Å². The predicted molar refractivity (Wildman–Crippen MR) is 64.4 cm³/mol. The van der Waals surface area contributed by atoms with Crippen LogP contribution in [-0.4, -0.2) is 53.1 Å². The lowest BCUT2D eigenvalue weighted by Gasteiger charge is -2.38. The highest BCUT2D eigenvalue weighted by Gasteiger charge is 2.54. The fraction of sp³-hybridized carbons (Fsp3) is 1.00. The summed E-state index contributed by atoms with van der Waals surface area (Å²) < 4.78 is 22.9. The summed E-state index contributed by atoms with van der Waals surface area (Å²) in [6.45, 7) is 3.67. The predicted octanol–water partition coefficient (Wildman–Crippen LogP) is 0.674. The van der Waals surface area contributed by atoms with Crippen LogP contribution in [0.3, 0.4) is 0 Å². The fourth-order valence-corrected chi connectivity index (χ4v) is 2.88. The summed E-state index contributed by atoms with van der Waals surface area (Å²) in [6, 6.07) is 0. The van der Waals surface area contributed by atoms with E-state index in [1.807, 2.05) is 13.8 Å². The van der Waals surface area contributed by atoms with Gasteiger partial charge in [-0.1, -0.05) is 22.6 Å². The number of fused-ring (bicyclic) bond motifs is 1. The molecule has 6 heteroatoms. The van der Waals surface area contributed by atoms with Gasteiger partial charge in [0.05, 0.1) is 6.10 Å². The number of hydrogen-bond acceptors (Lipinski definition) is 5. The van der Waals surface area contributed by atoms with Gasteiger partial charge in [-0.25, -0.2) is 0 Å². The van der Waals surface area contributed by atoms with Crippen LogP contribution in [0.15, 0.2) is 0 Å². The Kier molecular flexibility index (Phi) is 3.78. The van der Waals surface area contributed by atoms with Crippen molar-refractivity contribution in [3.8, 4) is 0 Å². The lowest BCUT2D eigenvalue weighted by molar-refractivity contribution is -0.263. The van der Waals surface area contributed by atoms with E-state index in [1.54, 1.807) is 0 Å². The Balaban J connectivity index is 2.18. The van der Waals surface area contributed by atoms with Crippen molar-refractivity contribution in [3.63, 3.8) is 0 Å². The Morgan fingerprint density at radius 3 is 2.50 bits per heavy atom. The number of methoxy groups -OCH3 is 1. The van der Waals surface area contributed by atoms with Gasteiger partial charge in [-0.3, -0.25) is 0 Å². The number of alkyl halides is 1. The molecule has 2 aliphatic rings. The van der Waals surface area contributed by atoms with E-state index in [1.165, 1.54) is 7.11 Å². The van der Waals surface area contributed by atoms with E-state index in [0.29, 0.717) is 0 Å². The number of rotatable bonds is 2. The van der Waals surface area contributed by atoms with Crippen LogP contribution in [-0.2, 0) is 18.9 Å². The summed E-state index contributed by atoms with van der Waals surface area (Å²) in [7, 11) is 1.51. The van der Waals surface area contributed by atoms with Crippen molar-refractivity contribution in [3.05, 3.63) is 0 Å². The molecule has 0 radical (unpaired) electrons. The first-order chi connectivity index (χ1) is 7.48. The van der Waals surface area contributed by atoms with E-state index in [9.17, 15) is 5.11 Å². The summed E-state index contributed by atoms with van der Waals surface area (Å²) in [4.78, 5) is 0. The van der Waals surface area contributed by atoms with Crippen LogP contribution in [0.2, 0.25) is 0 Å². The van der Waals surface area contributed by atoms with Gasteiger partial charge in [-0.05, 0) is 13.8 Å². The summed E-state index contributed by atoms with van der Waals surface area (Å²) in [5, 5.41) is 10.0. The smallest absolute Gasteiger partial charge is 0.186 e. The molecule has 0 aromatic rings. The molecule has 2 aliphatic heterocycles. The second-order valence-electron chi connectivity index (χ2n) is 4.49. The molecule has 1 N–H and O–H groups in total. The molecule has 94 valence electrons. The standard InChI is InChI=1S/C10H17IO5/c1-10(2)15-7-5(4-11)14-9(13-3)6(12)8(7)16-10/h5-9,12H,4H2,1-3H3/t5-,6-,7+,8-,9-/m1/s1. The Morgan fingerprint density at radius 2 is 1.94 bits per heavy atom. The van der Waals surface area contributed by atoms with Crippen LogP contribution >= 0.6 is 22.6 Å². The molecule has 2 saturated heterocycles. The first-order valence-corrected chi connectivity index (χ1v) is 6.79. The third kappa shape index (κ3) is 2.23. The lowest BCUT2D eigenvalue weighted by Crippen LogP contribution is -2.57. The van der Waals surface area contributed by atoms with Crippen molar-refractivity contribution in [2.45, 2.75) is 50.3 Å². The minimum atomic E-state index is -0.809. The quantitative estimate of drug-likeness (QED) is 0.590. The van der Waals surface area contributed by atoms with E-state index < -0.39 is 18.2 Å². The van der Waals surface area contributed by atoms with E-state index in [-0.39, 0.29) is 18.3 Å². The highest BCUT2D eigenvalue weighted by Crippen LogP contribution is 2.37. The molecule has 0 aromatic heterocycles. The molecule has 5 atom stereocenters. The van der Waals surface area contributed by atoms with Crippen molar-refractivity contribution in [2.24, 2.45) is 0 Å². The molecule has 2 rings (SSSR count). The second kappa shape index (κ2) is 4.66. The van der Waals surface area contributed by atoms with Crippen molar-refractivity contribution in [1.29, 1.82) is 0 Å². The normalized spacial score (nSPS) is 46.7. The molecule has 5 nitrogen and oxygen atoms in total. The fourth-order valence-electron chi connectivity index (χ4n) is 2.17. The molecular weight excluding hydrogens is 327 g/mol. The largest absolute Gasteiger partial charge is 0.385 e. The maximum absolute atomic E-state index is 10.0. The van der Waals surface area contributed by atoms with Crippen molar-refractivity contribution < 1.29 is 24.1 Å². The minimum absolute atomic E-state index is 0.110. The maximum Gasteiger partial charge on any atom is 0.186 e. The average molecular weight is 344 g/mol. The van der Waals surface area contributed by atoms with Crippen molar-refractivity contribution in [2.75, 3.05) is 11.5 Å². The molecule has 0 aliphatic carbocycles. The Morgan fingerprint density at radius 1 is 1.31 bits per heavy atom. The van der Waals surface area contributed by atoms with E-state index in [2.05, 4.69) is 22.6 Å². The van der Waals surface area contributed by atoms with Gasteiger partial charge in [-0.2, -0.15) is 0 Å². The molecule has 0 spiro atoms. The van der Waals surface area contributed by atoms with Gasteiger partial charge in [-0.15, -0.1) is 0 Å². The molecule has 0 aromatic carbocycles. The highest BCUT2D eigenvalue weighted by atomic mass is 127. The first kappa shape index (κ1) is 13.0. The van der Waals surface area contributed by atoms with Gasteiger partial charge in [0.1, 0.15) is 18.3 Å². The number of aliphatic hydroxyl groups excluding tert-OH is 1. The van der Waals surface area contributed by atoms with Crippen LogP contribution in [0.25, 0.3) is 0 Å². The Bertz CT molecular complexity index is 260. The lowest BCUT2D eigenvalue weighted by atomic mass is 10.0. The van der Waals surface area contributed by atoms with Crippen LogP contribution in [0.4, 0.5) is 0 Å². The summed E-state index contributed by atoms with van der Waals surface area (Å²) in [5.41, 5.74) is 0. The number of halogens is 1. The van der Waals surface area contributed by atoms with Gasteiger partial charge in [0.25, 0.3) is 0 Å². The van der Waals surface area contributed by atoms with Crippen molar-refractivity contribution in [1.82, 2.24) is 0 Å². The van der Waals surface area contributed by atoms with Crippen LogP contribution in [0, 0.1) is 0 Å². The van der Waals surface area contributed by atoms with Crippen LogP contribution in [0.1, 0.15) is 13.8 Å². The zero-order chi connectivity index (χ0) is 11.9. The average Bonchev–Trinajstić information content (AvgIpc) is 2.55. The third-order valence-electron chi connectivity index (χ3n) is 2.84. The minimum Gasteiger partial charge on any atom is -0.385 e. The maximum atomic E-state index is 10.0. The van der Waals surface area contributed by atoms with Gasteiger partial charge in [0.2, 0.25) is 0 Å². The Labute approximate surface area is 109 Å². The number of hydrogen-bond donors (Lipinski definition) is 1. The topological polar surface area (TPSA) is 57.2 Å².